The van der Waals surface area contributed by atoms with Gasteiger partial charge in [-0.2, -0.15) is 0 Å². The van der Waals surface area contributed by atoms with Crippen LogP contribution in [0.5, 0.6) is 0 Å². The van der Waals surface area contributed by atoms with Crippen LogP contribution in [0.15, 0.2) is 16.6 Å². The van der Waals surface area contributed by atoms with E-state index >= 15 is 0 Å². The monoisotopic (exact) mass is 427 g/mol. The third-order valence-corrected chi connectivity index (χ3v) is 4.53. The highest BCUT2D eigenvalue weighted by Gasteiger charge is 2.49. The van der Waals surface area contributed by atoms with Crippen LogP contribution in [0.25, 0.3) is 0 Å². The summed E-state index contributed by atoms with van der Waals surface area (Å²) in [5.74, 6) is -3.34. The minimum Gasteiger partial charge on any atom is -0.444 e. The average molecular weight is 429 g/mol. The van der Waals surface area contributed by atoms with E-state index in [9.17, 15) is 18.0 Å². The molecule has 8 heteroatoms. The third-order valence-electron chi connectivity index (χ3n) is 3.57. The summed E-state index contributed by atoms with van der Waals surface area (Å²) in [6.45, 7) is 4.96. The van der Waals surface area contributed by atoms with Crippen molar-refractivity contribution in [3.8, 4) is 0 Å². The largest absolute Gasteiger partial charge is 0.444 e. The number of alkyl halides is 2. The van der Waals surface area contributed by atoms with Gasteiger partial charge < -0.3 is 9.64 Å². The molecule has 1 fully saturated rings. The van der Waals surface area contributed by atoms with E-state index in [-0.39, 0.29) is 16.0 Å². The Morgan fingerprint density at radius 3 is 2.50 bits per heavy atom. The number of carbonyl (C=O) groups is 1. The van der Waals surface area contributed by atoms with Gasteiger partial charge in [0.15, 0.2) is 0 Å². The second-order valence-electron chi connectivity index (χ2n) is 6.88. The van der Waals surface area contributed by atoms with E-state index in [1.54, 1.807) is 20.8 Å². The van der Waals surface area contributed by atoms with E-state index in [0.29, 0.717) is 5.56 Å². The molecule has 1 saturated carbocycles. The Labute approximate surface area is 152 Å². The Kier molecular flexibility index (Phi) is 5.45. The first kappa shape index (κ1) is 19.4. The van der Waals surface area contributed by atoms with E-state index in [4.69, 9.17) is 16.3 Å². The topological polar surface area (TPSA) is 29.5 Å². The zero-order valence-electron chi connectivity index (χ0n) is 13.5. The highest BCUT2D eigenvalue weighted by Crippen LogP contribution is 2.41. The van der Waals surface area contributed by atoms with Gasteiger partial charge in [-0.25, -0.2) is 18.0 Å². The van der Waals surface area contributed by atoms with E-state index in [1.165, 1.54) is 17.0 Å². The summed E-state index contributed by atoms with van der Waals surface area (Å²) in [6, 6.07) is 1.88. The first-order chi connectivity index (χ1) is 10.9. The van der Waals surface area contributed by atoms with Crippen molar-refractivity contribution >= 4 is 33.6 Å². The molecule has 24 heavy (non-hydrogen) atoms. The molecule has 1 amide bonds. The predicted octanol–water partition coefficient (Wildman–Crippen LogP) is 5.78. The van der Waals surface area contributed by atoms with Crippen LogP contribution in [0.1, 0.15) is 39.2 Å². The second-order valence-corrected chi connectivity index (χ2v) is 8.15. The van der Waals surface area contributed by atoms with E-state index < -0.39 is 42.3 Å². The Morgan fingerprint density at radius 1 is 1.42 bits per heavy atom. The summed E-state index contributed by atoms with van der Waals surface area (Å²) >= 11 is 9.10. The number of amides is 1. The van der Waals surface area contributed by atoms with Crippen molar-refractivity contribution in [2.45, 2.75) is 57.7 Å². The zero-order valence-corrected chi connectivity index (χ0v) is 15.8. The van der Waals surface area contributed by atoms with Gasteiger partial charge in [0.05, 0.1) is 11.0 Å². The van der Waals surface area contributed by atoms with E-state index in [1.807, 2.05) is 0 Å². The highest BCUT2D eigenvalue weighted by atomic mass is 79.9. The van der Waals surface area contributed by atoms with E-state index in [0.717, 1.165) is 0 Å². The molecule has 3 nitrogen and oxygen atoms in total. The van der Waals surface area contributed by atoms with Gasteiger partial charge in [0.1, 0.15) is 11.4 Å². The molecule has 0 radical (unpaired) electrons. The van der Waals surface area contributed by atoms with Crippen LogP contribution < -0.4 is 0 Å². The van der Waals surface area contributed by atoms with Crippen LogP contribution in [0.3, 0.4) is 0 Å². The molecule has 0 aliphatic heterocycles. The van der Waals surface area contributed by atoms with Gasteiger partial charge in [-0.3, -0.25) is 0 Å². The lowest BCUT2D eigenvalue weighted by molar-refractivity contribution is -0.124. The van der Waals surface area contributed by atoms with Gasteiger partial charge in [-0.1, -0.05) is 11.6 Å². The fourth-order valence-corrected chi connectivity index (χ4v) is 3.08. The number of halogens is 5. The van der Waals surface area contributed by atoms with Crippen molar-refractivity contribution in [2.24, 2.45) is 0 Å². The zero-order chi connectivity index (χ0) is 18.3. The molecule has 2 rings (SSSR count). The fourth-order valence-electron chi connectivity index (χ4n) is 2.38. The molecule has 0 aromatic heterocycles. The Hall–Kier alpha value is -0.950. The Balaban J connectivity index is 2.23. The maximum Gasteiger partial charge on any atom is 0.410 e. The van der Waals surface area contributed by atoms with Crippen molar-refractivity contribution < 1.29 is 22.7 Å². The van der Waals surface area contributed by atoms with Crippen molar-refractivity contribution in [1.29, 1.82) is 0 Å². The summed E-state index contributed by atoms with van der Waals surface area (Å²) in [4.78, 5) is 13.6. The first-order valence-electron chi connectivity index (χ1n) is 7.39. The van der Waals surface area contributed by atoms with Gasteiger partial charge in [0.25, 0.3) is 5.92 Å². The van der Waals surface area contributed by atoms with E-state index in [2.05, 4.69) is 15.9 Å². The number of ether oxygens (including phenoxy) is 1. The van der Waals surface area contributed by atoms with Crippen molar-refractivity contribution in [3.05, 3.63) is 33.0 Å². The maximum absolute atomic E-state index is 13.7. The normalized spacial score (nSPS) is 17.3. The average Bonchev–Trinajstić information content (AvgIpc) is 2.36. The highest BCUT2D eigenvalue weighted by molar-refractivity contribution is 9.10. The second kappa shape index (κ2) is 6.75. The minimum absolute atomic E-state index is 0.0985. The lowest BCUT2D eigenvalue weighted by atomic mass is 9.87. The molecule has 0 unspecified atom stereocenters. The van der Waals surface area contributed by atoms with Crippen LogP contribution in [-0.4, -0.2) is 28.6 Å². The predicted molar refractivity (Wildman–Crippen MR) is 88.9 cm³/mol. The molecule has 1 aliphatic rings. The lowest BCUT2D eigenvalue weighted by Crippen LogP contribution is -2.53. The molecule has 134 valence electrons. The number of benzene rings is 1. The molecule has 1 aliphatic carbocycles. The summed E-state index contributed by atoms with van der Waals surface area (Å²) in [7, 11) is 0. The van der Waals surface area contributed by atoms with Crippen molar-refractivity contribution in [2.75, 3.05) is 0 Å². The number of rotatable bonds is 3. The Morgan fingerprint density at radius 2 is 2.00 bits per heavy atom. The molecule has 0 N–H and O–H groups in total. The Bertz CT molecular complexity index is 641. The molecular weight excluding hydrogens is 411 g/mol. The molecule has 0 bridgehead atoms. The van der Waals surface area contributed by atoms with Crippen LogP contribution in [-0.2, 0) is 11.3 Å². The first-order valence-corrected chi connectivity index (χ1v) is 8.56. The van der Waals surface area contributed by atoms with Crippen LogP contribution in [0.4, 0.5) is 18.0 Å². The van der Waals surface area contributed by atoms with Gasteiger partial charge in [-0.05, 0) is 54.4 Å². The number of nitrogens with zero attached hydrogens (tertiary/aromatic N) is 1. The standard InChI is InChI=1S/C16H18BrClF3NO2/c1-15(2,3)24-14(23)22(10-6-16(20,21)7-10)8-9-4-13(19)11(17)5-12(9)18/h4-5,10H,6-8H2,1-3H3. The smallest absolute Gasteiger partial charge is 0.410 e. The van der Waals surface area contributed by atoms with Gasteiger partial charge >= 0.3 is 6.09 Å². The van der Waals surface area contributed by atoms with Crippen LogP contribution in [0.2, 0.25) is 5.02 Å². The molecule has 0 spiro atoms. The molecule has 0 saturated heterocycles. The summed E-state index contributed by atoms with van der Waals surface area (Å²) in [5, 5.41) is 0.239. The fraction of sp³-hybridized carbons (Fsp3) is 0.562. The third kappa shape index (κ3) is 4.79. The quantitative estimate of drug-likeness (QED) is 0.571. The van der Waals surface area contributed by atoms with Gasteiger partial charge in [0.2, 0.25) is 0 Å². The molecule has 0 atom stereocenters. The maximum atomic E-state index is 13.7. The number of hydrogen-bond acceptors (Lipinski definition) is 2. The summed E-state index contributed by atoms with van der Waals surface area (Å²) in [6.07, 6.45) is -1.60. The molecular formula is C16H18BrClF3NO2. The van der Waals surface area contributed by atoms with Crippen molar-refractivity contribution in [3.63, 3.8) is 0 Å². The molecule has 0 heterocycles. The molecule has 1 aromatic carbocycles. The van der Waals surface area contributed by atoms with Gasteiger partial charge in [0, 0.05) is 23.9 Å². The lowest BCUT2D eigenvalue weighted by Gasteiger charge is -2.42. The SMILES string of the molecule is CC(C)(C)OC(=O)N(Cc1cc(F)c(Br)cc1Cl)C1CC(F)(F)C1. The molecule has 1 aromatic rings. The minimum atomic E-state index is -2.79. The number of hydrogen-bond donors (Lipinski definition) is 0. The van der Waals surface area contributed by atoms with Crippen LogP contribution in [0, 0.1) is 5.82 Å². The summed E-state index contributed by atoms with van der Waals surface area (Å²) in [5.41, 5.74) is -0.436. The number of carbonyl (C=O) groups excluding carboxylic acids is 1. The van der Waals surface area contributed by atoms with Gasteiger partial charge in [-0.15, -0.1) is 0 Å². The van der Waals surface area contributed by atoms with Crippen LogP contribution >= 0.6 is 27.5 Å². The summed E-state index contributed by atoms with van der Waals surface area (Å²) < 4.78 is 45.6. The van der Waals surface area contributed by atoms with Crippen molar-refractivity contribution in [1.82, 2.24) is 4.90 Å².